The largest absolute Gasteiger partial charge is 0.408 e. The summed E-state index contributed by atoms with van der Waals surface area (Å²) in [6.07, 6.45) is 0.845. The molecule has 3 N–H and O–H groups in total. The van der Waals surface area contributed by atoms with Gasteiger partial charge in [0.25, 0.3) is 0 Å². The molecule has 1 heterocycles. The van der Waals surface area contributed by atoms with Gasteiger partial charge in [-0.25, -0.2) is 0 Å². The van der Waals surface area contributed by atoms with Crippen LogP contribution in [-0.2, 0) is 4.79 Å². The lowest BCUT2D eigenvalue weighted by Crippen LogP contribution is -2.40. The van der Waals surface area contributed by atoms with Crippen LogP contribution < -0.4 is 11.1 Å². The van der Waals surface area contributed by atoms with Crippen molar-refractivity contribution in [2.75, 3.05) is 5.32 Å². The summed E-state index contributed by atoms with van der Waals surface area (Å²) >= 11 is 0. The molecule has 2 atom stereocenters. The lowest BCUT2D eigenvalue weighted by Gasteiger charge is -2.15. The Morgan fingerprint density at radius 2 is 2.27 bits per heavy atom. The Labute approximate surface area is 88.2 Å². The van der Waals surface area contributed by atoms with Gasteiger partial charge >= 0.3 is 6.01 Å². The number of carbonyl (C=O) groups excluding carboxylic acids is 1. The number of nitrogens with two attached hydrogens (primary N) is 1. The highest BCUT2D eigenvalue weighted by molar-refractivity contribution is 5.93. The number of aromatic nitrogens is 2. The van der Waals surface area contributed by atoms with Gasteiger partial charge in [0.2, 0.25) is 11.8 Å². The quantitative estimate of drug-likeness (QED) is 0.765. The van der Waals surface area contributed by atoms with Gasteiger partial charge in [0.1, 0.15) is 0 Å². The Morgan fingerprint density at radius 3 is 2.73 bits per heavy atom. The molecule has 0 saturated heterocycles. The van der Waals surface area contributed by atoms with Gasteiger partial charge in [-0.3, -0.25) is 10.1 Å². The van der Waals surface area contributed by atoms with Crippen molar-refractivity contribution in [1.82, 2.24) is 10.2 Å². The SMILES string of the molecule is CCC(C)[C@H](N)C(=O)Nc1nnc(C)o1. The van der Waals surface area contributed by atoms with Crippen molar-refractivity contribution in [3.63, 3.8) is 0 Å². The second-order valence-corrected chi connectivity index (χ2v) is 3.53. The summed E-state index contributed by atoms with van der Waals surface area (Å²) in [5, 5.41) is 9.71. The summed E-state index contributed by atoms with van der Waals surface area (Å²) in [5.41, 5.74) is 5.72. The zero-order valence-electron chi connectivity index (χ0n) is 9.15. The van der Waals surface area contributed by atoms with Crippen molar-refractivity contribution < 1.29 is 9.21 Å². The van der Waals surface area contributed by atoms with E-state index in [1.54, 1.807) is 6.92 Å². The van der Waals surface area contributed by atoms with Gasteiger partial charge in [0.05, 0.1) is 6.04 Å². The van der Waals surface area contributed by atoms with E-state index in [4.69, 9.17) is 10.2 Å². The van der Waals surface area contributed by atoms with E-state index in [2.05, 4.69) is 15.5 Å². The smallest absolute Gasteiger partial charge is 0.322 e. The minimum Gasteiger partial charge on any atom is -0.408 e. The minimum absolute atomic E-state index is 0.0938. The standard InChI is InChI=1S/C9H16N4O2/c1-4-5(2)7(10)8(14)11-9-13-12-6(3)15-9/h5,7H,4,10H2,1-3H3,(H,11,13,14)/t5?,7-/m0/s1. The summed E-state index contributed by atoms with van der Waals surface area (Å²) in [6, 6.07) is -0.460. The molecule has 0 bridgehead atoms. The maximum absolute atomic E-state index is 11.6. The second kappa shape index (κ2) is 4.88. The molecule has 0 aromatic carbocycles. The molecule has 0 saturated carbocycles. The average molecular weight is 212 g/mol. The van der Waals surface area contributed by atoms with E-state index in [0.717, 1.165) is 6.42 Å². The predicted octanol–water partition coefficient (Wildman–Crippen LogP) is 0.690. The second-order valence-electron chi connectivity index (χ2n) is 3.53. The number of hydrogen-bond acceptors (Lipinski definition) is 5. The zero-order chi connectivity index (χ0) is 11.4. The van der Waals surface area contributed by atoms with Crippen LogP contribution in [0.5, 0.6) is 0 Å². The molecule has 1 aromatic rings. The fourth-order valence-corrected chi connectivity index (χ4v) is 1.05. The Morgan fingerprint density at radius 1 is 1.60 bits per heavy atom. The lowest BCUT2D eigenvalue weighted by atomic mass is 10.00. The van der Waals surface area contributed by atoms with Crippen molar-refractivity contribution >= 4 is 11.9 Å². The molecule has 1 rings (SSSR count). The van der Waals surface area contributed by atoms with Crippen LogP contribution in [0.2, 0.25) is 0 Å². The predicted molar refractivity (Wildman–Crippen MR) is 55.1 cm³/mol. The monoisotopic (exact) mass is 212 g/mol. The Balaban J connectivity index is 2.55. The molecule has 6 nitrogen and oxygen atoms in total. The van der Waals surface area contributed by atoms with Gasteiger partial charge in [-0.2, -0.15) is 0 Å². The maximum Gasteiger partial charge on any atom is 0.322 e. The molecule has 1 aromatic heterocycles. The Kier molecular flexibility index (Phi) is 3.79. The maximum atomic E-state index is 11.6. The molecular weight excluding hydrogens is 196 g/mol. The molecule has 0 aliphatic rings. The summed E-state index contributed by atoms with van der Waals surface area (Å²) in [6.45, 7) is 5.55. The number of hydrogen-bond donors (Lipinski definition) is 2. The molecule has 0 aliphatic carbocycles. The van der Waals surface area contributed by atoms with Crippen molar-refractivity contribution in [2.24, 2.45) is 11.7 Å². The van der Waals surface area contributed by atoms with Gasteiger partial charge in [-0.15, -0.1) is 5.10 Å². The van der Waals surface area contributed by atoms with Crippen molar-refractivity contribution in [1.29, 1.82) is 0 Å². The van der Waals surface area contributed by atoms with Crippen molar-refractivity contribution in [2.45, 2.75) is 33.2 Å². The third-order valence-corrected chi connectivity index (χ3v) is 2.32. The topological polar surface area (TPSA) is 94.0 Å². The fourth-order valence-electron chi connectivity index (χ4n) is 1.05. The van der Waals surface area contributed by atoms with Gasteiger partial charge in [0, 0.05) is 6.92 Å². The van der Waals surface area contributed by atoms with Crippen LogP contribution in [0.3, 0.4) is 0 Å². The van der Waals surface area contributed by atoms with Crippen LogP contribution in [0.4, 0.5) is 6.01 Å². The van der Waals surface area contributed by atoms with Crippen LogP contribution in [0.15, 0.2) is 4.42 Å². The first kappa shape index (κ1) is 11.6. The number of carbonyl (C=O) groups is 1. The third-order valence-electron chi connectivity index (χ3n) is 2.32. The molecule has 0 fully saturated rings. The molecular formula is C9H16N4O2. The Bertz CT molecular complexity index is 337. The summed E-state index contributed by atoms with van der Waals surface area (Å²) < 4.78 is 5.01. The van der Waals surface area contributed by atoms with Crippen molar-refractivity contribution in [3.05, 3.63) is 5.89 Å². The molecule has 1 unspecified atom stereocenters. The van der Waals surface area contributed by atoms with E-state index in [9.17, 15) is 4.79 Å². The van der Waals surface area contributed by atoms with Gasteiger partial charge < -0.3 is 10.2 Å². The molecule has 0 aliphatic heterocycles. The molecule has 84 valence electrons. The summed E-state index contributed by atoms with van der Waals surface area (Å²) in [7, 11) is 0. The minimum atomic E-state index is -0.554. The molecule has 6 heteroatoms. The summed E-state index contributed by atoms with van der Waals surface area (Å²) in [5.74, 6) is 0.226. The highest BCUT2D eigenvalue weighted by atomic mass is 16.4. The average Bonchev–Trinajstić information content (AvgIpc) is 2.61. The van der Waals surface area contributed by atoms with E-state index in [0.29, 0.717) is 5.89 Å². The van der Waals surface area contributed by atoms with Crippen LogP contribution in [0.25, 0.3) is 0 Å². The van der Waals surface area contributed by atoms with Crippen molar-refractivity contribution in [3.8, 4) is 0 Å². The number of aryl methyl sites for hydroxylation is 1. The van der Waals surface area contributed by atoms with Crippen LogP contribution in [0.1, 0.15) is 26.2 Å². The van der Waals surface area contributed by atoms with Gasteiger partial charge in [-0.1, -0.05) is 25.4 Å². The van der Waals surface area contributed by atoms with Crippen LogP contribution >= 0.6 is 0 Å². The normalized spacial score (nSPS) is 14.7. The van der Waals surface area contributed by atoms with E-state index in [1.165, 1.54) is 0 Å². The van der Waals surface area contributed by atoms with E-state index < -0.39 is 6.04 Å². The molecule has 1 amide bonds. The molecule has 0 radical (unpaired) electrons. The fraction of sp³-hybridized carbons (Fsp3) is 0.667. The van der Waals surface area contributed by atoms with E-state index in [-0.39, 0.29) is 17.8 Å². The van der Waals surface area contributed by atoms with Gasteiger partial charge in [0.15, 0.2) is 0 Å². The highest BCUT2D eigenvalue weighted by Crippen LogP contribution is 2.09. The van der Waals surface area contributed by atoms with E-state index >= 15 is 0 Å². The van der Waals surface area contributed by atoms with Crippen LogP contribution in [0, 0.1) is 12.8 Å². The molecule has 0 spiro atoms. The van der Waals surface area contributed by atoms with Gasteiger partial charge in [-0.05, 0) is 5.92 Å². The lowest BCUT2D eigenvalue weighted by molar-refractivity contribution is -0.118. The molecule has 15 heavy (non-hydrogen) atoms. The first-order valence-corrected chi connectivity index (χ1v) is 4.91. The number of rotatable bonds is 4. The highest BCUT2D eigenvalue weighted by Gasteiger charge is 2.20. The first-order valence-electron chi connectivity index (χ1n) is 4.91. The number of nitrogens with one attached hydrogen (secondary N) is 1. The Hall–Kier alpha value is -1.43. The number of amides is 1. The summed E-state index contributed by atoms with van der Waals surface area (Å²) in [4.78, 5) is 11.6. The third kappa shape index (κ3) is 3.02. The van der Waals surface area contributed by atoms with E-state index in [1.807, 2.05) is 13.8 Å². The first-order chi connectivity index (χ1) is 7.04. The number of nitrogens with zero attached hydrogens (tertiary/aromatic N) is 2. The van der Waals surface area contributed by atoms with Crippen LogP contribution in [-0.4, -0.2) is 22.1 Å². The number of anilines is 1. The zero-order valence-corrected chi connectivity index (χ0v) is 9.15.